The summed E-state index contributed by atoms with van der Waals surface area (Å²) in [6, 6.07) is 0.648. The Balaban J connectivity index is 1.99. The quantitative estimate of drug-likeness (QED) is 0.522. The second kappa shape index (κ2) is 4.39. The SMILES string of the molecule is CSC1NC(Cl)C2CCCCC2N1. The Morgan fingerprint density at radius 1 is 1.23 bits per heavy atom. The summed E-state index contributed by atoms with van der Waals surface area (Å²) in [6.07, 6.45) is 7.39. The van der Waals surface area contributed by atoms with Gasteiger partial charge >= 0.3 is 0 Å². The highest BCUT2D eigenvalue weighted by atomic mass is 35.5. The van der Waals surface area contributed by atoms with Crippen molar-refractivity contribution in [2.24, 2.45) is 5.92 Å². The molecule has 0 radical (unpaired) electrons. The van der Waals surface area contributed by atoms with Gasteiger partial charge in [0, 0.05) is 12.0 Å². The van der Waals surface area contributed by atoms with Gasteiger partial charge in [-0.25, -0.2) is 0 Å². The molecule has 76 valence electrons. The van der Waals surface area contributed by atoms with Crippen molar-refractivity contribution < 1.29 is 0 Å². The molecule has 0 amide bonds. The van der Waals surface area contributed by atoms with Crippen LogP contribution in [0.15, 0.2) is 0 Å². The summed E-state index contributed by atoms with van der Waals surface area (Å²) in [6.45, 7) is 0. The van der Waals surface area contributed by atoms with Crippen molar-refractivity contribution in [3.63, 3.8) is 0 Å². The number of rotatable bonds is 1. The molecule has 2 nitrogen and oxygen atoms in total. The maximum atomic E-state index is 6.30. The highest BCUT2D eigenvalue weighted by Crippen LogP contribution is 2.32. The summed E-state index contributed by atoms with van der Waals surface area (Å²) in [5.41, 5.74) is 0.519. The van der Waals surface area contributed by atoms with Crippen molar-refractivity contribution in [1.82, 2.24) is 10.6 Å². The molecule has 0 spiro atoms. The fraction of sp³-hybridized carbons (Fsp3) is 1.00. The lowest BCUT2D eigenvalue weighted by molar-refractivity contribution is 0.185. The fourth-order valence-electron chi connectivity index (χ4n) is 2.36. The van der Waals surface area contributed by atoms with E-state index in [9.17, 15) is 0 Å². The van der Waals surface area contributed by atoms with Crippen molar-refractivity contribution in [2.75, 3.05) is 6.26 Å². The van der Waals surface area contributed by atoms with Crippen LogP contribution in [0, 0.1) is 5.92 Å². The van der Waals surface area contributed by atoms with Gasteiger partial charge in [-0.05, 0) is 19.1 Å². The van der Waals surface area contributed by atoms with Crippen LogP contribution in [-0.4, -0.2) is 23.3 Å². The predicted octanol–water partition coefficient (Wildman–Crippen LogP) is 1.95. The molecule has 1 saturated heterocycles. The third-order valence-electron chi connectivity index (χ3n) is 3.11. The third kappa shape index (κ3) is 2.14. The van der Waals surface area contributed by atoms with Crippen LogP contribution < -0.4 is 10.6 Å². The molecule has 1 heterocycles. The van der Waals surface area contributed by atoms with E-state index in [1.54, 1.807) is 11.8 Å². The molecule has 1 aliphatic carbocycles. The molecule has 4 heteroatoms. The molecular formula is C9H17ClN2S. The maximum absolute atomic E-state index is 6.30. The van der Waals surface area contributed by atoms with Crippen LogP contribution in [0.5, 0.6) is 0 Å². The lowest BCUT2D eigenvalue weighted by Crippen LogP contribution is -2.61. The first-order chi connectivity index (χ1) is 6.31. The average Bonchev–Trinajstić information content (AvgIpc) is 2.18. The summed E-state index contributed by atoms with van der Waals surface area (Å²) in [7, 11) is 0. The first-order valence-electron chi connectivity index (χ1n) is 5.00. The summed E-state index contributed by atoms with van der Waals surface area (Å²) >= 11 is 8.10. The first-order valence-corrected chi connectivity index (χ1v) is 6.72. The summed E-state index contributed by atoms with van der Waals surface area (Å²) in [5, 5.41) is 6.99. The van der Waals surface area contributed by atoms with Crippen LogP contribution in [0.25, 0.3) is 0 Å². The summed E-state index contributed by atoms with van der Waals surface area (Å²) in [5.74, 6) is 0.638. The largest absolute Gasteiger partial charge is 0.290 e. The molecule has 2 N–H and O–H groups in total. The van der Waals surface area contributed by atoms with Crippen molar-refractivity contribution >= 4 is 23.4 Å². The van der Waals surface area contributed by atoms with Gasteiger partial charge in [-0.3, -0.25) is 10.6 Å². The van der Waals surface area contributed by atoms with Gasteiger partial charge in [0.05, 0.1) is 5.50 Å². The Morgan fingerprint density at radius 2 is 2.00 bits per heavy atom. The van der Waals surface area contributed by atoms with Crippen LogP contribution in [-0.2, 0) is 0 Å². The van der Waals surface area contributed by atoms with E-state index in [4.69, 9.17) is 11.6 Å². The van der Waals surface area contributed by atoms with Gasteiger partial charge < -0.3 is 0 Å². The monoisotopic (exact) mass is 220 g/mol. The zero-order valence-corrected chi connectivity index (χ0v) is 9.50. The predicted molar refractivity (Wildman–Crippen MR) is 59.0 cm³/mol. The number of hydrogen-bond donors (Lipinski definition) is 2. The molecule has 2 aliphatic rings. The zero-order chi connectivity index (χ0) is 9.26. The Hall–Kier alpha value is 0.560. The normalized spacial score (nSPS) is 45.7. The second-order valence-corrected chi connectivity index (χ2v) is 5.32. The number of hydrogen-bond acceptors (Lipinski definition) is 3. The number of nitrogens with one attached hydrogen (secondary N) is 2. The molecule has 0 aromatic heterocycles. The molecule has 2 rings (SSSR count). The van der Waals surface area contributed by atoms with Gasteiger partial charge in [0.15, 0.2) is 0 Å². The Morgan fingerprint density at radius 3 is 2.77 bits per heavy atom. The fourth-order valence-corrected chi connectivity index (χ4v) is 3.46. The lowest BCUT2D eigenvalue weighted by atomic mass is 9.83. The smallest absolute Gasteiger partial charge is 0.107 e. The Bertz CT molecular complexity index is 179. The van der Waals surface area contributed by atoms with E-state index in [-0.39, 0.29) is 5.50 Å². The number of fused-ring (bicyclic) bond motifs is 1. The van der Waals surface area contributed by atoms with Crippen molar-refractivity contribution in [3.8, 4) is 0 Å². The lowest BCUT2D eigenvalue weighted by Gasteiger charge is -2.43. The molecule has 13 heavy (non-hydrogen) atoms. The first kappa shape index (κ1) is 10.1. The van der Waals surface area contributed by atoms with Gasteiger partial charge in [-0.1, -0.05) is 12.8 Å². The number of alkyl halides is 1. The van der Waals surface area contributed by atoms with E-state index in [0.29, 0.717) is 17.5 Å². The minimum absolute atomic E-state index is 0.170. The van der Waals surface area contributed by atoms with Crippen LogP contribution in [0.3, 0.4) is 0 Å². The highest BCUT2D eigenvalue weighted by molar-refractivity contribution is 7.99. The van der Waals surface area contributed by atoms with Crippen molar-refractivity contribution in [3.05, 3.63) is 0 Å². The van der Waals surface area contributed by atoms with Crippen LogP contribution in [0.1, 0.15) is 25.7 Å². The van der Waals surface area contributed by atoms with E-state index in [2.05, 4.69) is 16.9 Å². The number of thioether (sulfide) groups is 1. The van der Waals surface area contributed by atoms with Gasteiger partial charge in [-0.15, -0.1) is 23.4 Å². The molecule has 0 aromatic rings. The summed E-state index contributed by atoms with van der Waals surface area (Å²) < 4.78 is 0. The second-order valence-electron chi connectivity index (χ2n) is 3.91. The van der Waals surface area contributed by atoms with Gasteiger partial charge in [0.2, 0.25) is 0 Å². The Kier molecular flexibility index (Phi) is 3.41. The minimum Gasteiger partial charge on any atom is -0.290 e. The van der Waals surface area contributed by atoms with Crippen LogP contribution >= 0.6 is 23.4 Å². The van der Waals surface area contributed by atoms with Crippen molar-refractivity contribution in [1.29, 1.82) is 0 Å². The zero-order valence-electron chi connectivity index (χ0n) is 7.92. The van der Waals surface area contributed by atoms with E-state index < -0.39 is 0 Å². The molecule has 4 unspecified atom stereocenters. The highest BCUT2D eigenvalue weighted by Gasteiger charge is 2.36. The van der Waals surface area contributed by atoms with E-state index >= 15 is 0 Å². The van der Waals surface area contributed by atoms with Gasteiger partial charge in [0.1, 0.15) is 5.50 Å². The van der Waals surface area contributed by atoms with Gasteiger partial charge in [-0.2, -0.15) is 0 Å². The van der Waals surface area contributed by atoms with E-state index in [1.807, 2.05) is 0 Å². The standard InChI is InChI=1S/C9H17ClN2S/c1-13-9-11-7-5-3-2-4-6(7)8(10)12-9/h6-9,11-12H,2-5H2,1H3. The molecule has 1 aliphatic heterocycles. The minimum atomic E-state index is 0.170. The van der Waals surface area contributed by atoms with Crippen LogP contribution in [0.2, 0.25) is 0 Å². The molecule has 1 saturated carbocycles. The topological polar surface area (TPSA) is 24.1 Å². The van der Waals surface area contributed by atoms with E-state index in [0.717, 1.165) is 0 Å². The molecular weight excluding hydrogens is 204 g/mol. The molecule has 0 bridgehead atoms. The number of halogens is 1. The Labute approximate surface area is 89.2 Å². The molecule has 2 fully saturated rings. The third-order valence-corrected chi connectivity index (χ3v) is 4.30. The van der Waals surface area contributed by atoms with E-state index in [1.165, 1.54) is 25.7 Å². The summed E-state index contributed by atoms with van der Waals surface area (Å²) in [4.78, 5) is 0. The molecule has 0 aromatic carbocycles. The average molecular weight is 221 g/mol. The van der Waals surface area contributed by atoms with Crippen LogP contribution in [0.4, 0.5) is 0 Å². The molecule has 4 atom stereocenters. The maximum Gasteiger partial charge on any atom is 0.107 e. The van der Waals surface area contributed by atoms with Gasteiger partial charge in [0.25, 0.3) is 0 Å². The van der Waals surface area contributed by atoms with Crippen molar-refractivity contribution in [2.45, 2.75) is 42.7 Å².